The van der Waals surface area contributed by atoms with Crippen molar-refractivity contribution in [3.63, 3.8) is 0 Å². The first-order chi connectivity index (χ1) is 26.0. The molecule has 5 aromatic rings. The van der Waals surface area contributed by atoms with Crippen molar-refractivity contribution in [1.82, 2.24) is 4.98 Å². The first-order valence-electron chi connectivity index (χ1n) is 19.7. The quantitative estimate of drug-likeness (QED) is 0.0813. The molecule has 0 aliphatic carbocycles. The van der Waals surface area contributed by atoms with Gasteiger partial charge in [-0.3, -0.25) is 9.78 Å². The molecule has 1 heterocycles. The molecule has 5 rings (SSSR count). The molecule has 0 unspecified atom stereocenters. The number of halogens is 1. The zero-order valence-electron chi connectivity index (χ0n) is 34.8. The third-order valence-corrected chi connectivity index (χ3v) is 10.2. The molecular weight excluding hydrogens is 872 g/mol. The molecule has 1 radical (unpaired) electrons. The minimum absolute atomic E-state index is 0. The smallest absolute Gasteiger partial charge is 0.162 e. The molecule has 0 aliphatic rings. The van der Waals surface area contributed by atoms with Gasteiger partial charge >= 0.3 is 0 Å². The number of allylic oxidation sites excluding steroid dienone is 2. The molecule has 6 heteroatoms. The number of pyridine rings is 1. The summed E-state index contributed by atoms with van der Waals surface area (Å²) in [5.74, 6) is 0.175. The van der Waals surface area contributed by atoms with Crippen molar-refractivity contribution >= 4 is 16.6 Å². The van der Waals surface area contributed by atoms with Gasteiger partial charge in [0.1, 0.15) is 11.9 Å². The van der Waals surface area contributed by atoms with E-state index in [1.165, 1.54) is 23.4 Å². The van der Waals surface area contributed by atoms with Crippen molar-refractivity contribution in [2.45, 2.75) is 107 Å². The normalized spacial score (nSPS) is 11.9. The van der Waals surface area contributed by atoms with Gasteiger partial charge in [-0.25, -0.2) is 4.39 Å². The van der Waals surface area contributed by atoms with Gasteiger partial charge in [-0.2, -0.15) is 5.26 Å². The molecule has 4 aromatic carbocycles. The number of aliphatic hydroxyl groups is 1. The van der Waals surface area contributed by atoms with Crippen molar-refractivity contribution in [3.8, 4) is 39.6 Å². The molecule has 0 fully saturated rings. The molecule has 297 valence electrons. The van der Waals surface area contributed by atoms with Gasteiger partial charge in [0.05, 0.1) is 11.3 Å². The third-order valence-electron chi connectivity index (χ3n) is 10.2. The zero-order valence-corrected chi connectivity index (χ0v) is 37.2. The summed E-state index contributed by atoms with van der Waals surface area (Å²) in [5.41, 5.74) is 7.03. The van der Waals surface area contributed by atoms with Crippen molar-refractivity contribution in [2.75, 3.05) is 0 Å². The number of aliphatic hydroxyl groups excluding tert-OH is 1. The second-order valence-electron chi connectivity index (χ2n) is 16.7. The van der Waals surface area contributed by atoms with E-state index in [0.29, 0.717) is 22.4 Å². The van der Waals surface area contributed by atoms with Gasteiger partial charge in [-0.15, -0.1) is 29.1 Å². The maximum atomic E-state index is 15.7. The summed E-state index contributed by atoms with van der Waals surface area (Å²) < 4.78 is 15.7. The van der Waals surface area contributed by atoms with Crippen molar-refractivity contribution < 1.29 is 34.4 Å². The fourth-order valence-corrected chi connectivity index (χ4v) is 7.02. The molecule has 0 bridgehead atoms. The summed E-state index contributed by atoms with van der Waals surface area (Å²) in [5, 5.41) is 21.8. The molecule has 1 N–H and O–H groups in total. The molecular formula is C50H58FIrN2O2-. The number of hydrogen-bond donors (Lipinski definition) is 1. The van der Waals surface area contributed by atoms with Gasteiger partial charge < -0.3 is 5.11 Å². The molecule has 0 atom stereocenters. The number of aromatic nitrogens is 1. The van der Waals surface area contributed by atoms with Gasteiger partial charge in [0.15, 0.2) is 5.78 Å². The van der Waals surface area contributed by atoms with Gasteiger partial charge in [0.25, 0.3) is 0 Å². The van der Waals surface area contributed by atoms with E-state index in [0.717, 1.165) is 59.6 Å². The van der Waals surface area contributed by atoms with Gasteiger partial charge in [0, 0.05) is 55.5 Å². The number of nitriles is 1. The molecule has 1 aromatic heterocycles. The Morgan fingerprint density at radius 2 is 1.45 bits per heavy atom. The molecule has 0 spiro atoms. The summed E-state index contributed by atoms with van der Waals surface area (Å²) in [4.78, 5) is 16.3. The van der Waals surface area contributed by atoms with E-state index in [9.17, 15) is 15.2 Å². The number of fused-ring (bicyclic) bond motifs is 1. The number of ketones is 1. The number of carbonyl (C=O) groups is 1. The Bertz CT molecular complexity index is 2160. The Hall–Kier alpha value is -4.43. The van der Waals surface area contributed by atoms with Crippen LogP contribution >= 0.6 is 0 Å². The third kappa shape index (κ3) is 11.8. The Balaban J connectivity index is 0.000000448. The van der Waals surface area contributed by atoms with E-state index in [-0.39, 0.29) is 60.1 Å². The molecule has 56 heavy (non-hydrogen) atoms. The molecule has 0 saturated carbocycles. The minimum atomic E-state index is -0.372. The Morgan fingerprint density at radius 1 is 0.839 bits per heavy atom. The zero-order chi connectivity index (χ0) is 40.5. The molecule has 0 saturated heterocycles. The summed E-state index contributed by atoms with van der Waals surface area (Å²) in [6, 6.07) is 31.4. The van der Waals surface area contributed by atoms with Gasteiger partial charge in [0.2, 0.25) is 0 Å². The fraction of sp³-hybridized carbons (Fsp3) is 0.380. The van der Waals surface area contributed by atoms with Crippen LogP contribution in [0.2, 0.25) is 0 Å². The van der Waals surface area contributed by atoms with Crippen LogP contribution in [0.5, 0.6) is 0 Å². The summed E-state index contributed by atoms with van der Waals surface area (Å²) in [7, 11) is 0. The van der Waals surface area contributed by atoms with Gasteiger partial charge in [-0.1, -0.05) is 141 Å². The molecule has 0 amide bonds. The number of rotatable bonds is 11. The van der Waals surface area contributed by atoms with Crippen LogP contribution in [0.3, 0.4) is 0 Å². The van der Waals surface area contributed by atoms with Crippen LogP contribution in [0, 0.1) is 40.5 Å². The predicted molar refractivity (Wildman–Crippen MR) is 227 cm³/mol. The van der Waals surface area contributed by atoms with Crippen molar-refractivity contribution in [2.24, 2.45) is 17.3 Å². The number of nitrogens with zero attached hydrogens (tertiary/aromatic N) is 2. The minimum Gasteiger partial charge on any atom is -0.512 e. The summed E-state index contributed by atoms with van der Waals surface area (Å²) >= 11 is 0. The summed E-state index contributed by atoms with van der Waals surface area (Å²) in [6.07, 6.45) is 7.42. The first kappa shape index (κ1) is 46.0. The Morgan fingerprint density at radius 3 is 2.00 bits per heavy atom. The topological polar surface area (TPSA) is 74.0 Å². The predicted octanol–water partition coefficient (Wildman–Crippen LogP) is 13.8. The van der Waals surface area contributed by atoms with E-state index < -0.39 is 0 Å². The maximum Gasteiger partial charge on any atom is 0.162 e. The average molecular weight is 930 g/mol. The number of benzene rings is 4. The van der Waals surface area contributed by atoms with E-state index in [1.54, 1.807) is 12.1 Å². The number of hydrogen-bond acceptors (Lipinski definition) is 4. The van der Waals surface area contributed by atoms with Crippen LogP contribution in [0.4, 0.5) is 4.39 Å². The monoisotopic (exact) mass is 930 g/mol. The SMILES string of the molecule is CC(C)(C)Cc1ccc(-c2ccc(-c3cc(-c4[c-]c5ccccc5c(C(C)(C)C)c4)ncc3C#N)c(F)c2)cc1.CCC(CC)C(=O)/C=C(\O)C(CC)CC.[Ir]. The van der Waals surface area contributed by atoms with Crippen LogP contribution in [-0.2, 0) is 36.7 Å². The van der Waals surface area contributed by atoms with Crippen LogP contribution in [0.15, 0.2) is 96.9 Å². The maximum absolute atomic E-state index is 15.7. The van der Waals surface area contributed by atoms with E-state index in [2.05, 4.69) is 82.9 Å². The van der Waals surface area contributed by atoms with Crippen molar-refractivity contribution in [1.29, 1.82) is 5.26 Å². The van der Waals surface area contributed by atoms with Crippen LogP contribution in [0.25, 0.3) is 44.3 Å². The number of carbonyl (C=O) groups excluding carboxylic acids is 1. The van der Waals surface area contributed by atoms with E-state index in [4.69, 9.17) is 0 Å². The first-order valence-corrected chi connectivity index (χ1v) is 19.7. The second kappa shape index (κ2) is 20.1. The standard InChI is InChI=1S/C37H34FN2.C13H24O2.Ir/c1-36(2,3)21-24-11-13-25(14-12-24)26-15-16-31(34(38)19-26)32-20-35(40-23-29(32)22-39)28-17-27-9-7-8-10-30(27)33(18-28)37(4,5)6;1-5-10(6-2)12(14)9-13(15)11(7-3)8-4;/h7-16,18-20,23H,21H2,1-6H3;9-11,14H,5-8H2,1-4H3;/q-1;;/b;12-9-;. The average Bonchev–Trinajstić information content (AvgIpc) is 3.14. The fourth-order valence-electron chi connectivity index (χ4n) is 7.02. The Labute approximate surface area is 348 Å². The molecule has 4 nitrogen and oxygen atoms in total. The van der Waals surface area contributed by atoms with Crippen LogP contribution < -0.4 is 0 Å². The van der Waals surface area contributed by atoms with E-state index in [1.807, 2.05) is 70.2 Å². The van der Waals surface area contributed by atoms with Crippen molar-refractivity contribution in [3.05, 3.63) is 125 Å². The Kier molecular flexibility index (Phi) is 16.5. The van der Waals surface area contributed by atoms with E-state index >= 15 is 4.39 Å². The van der Waals surface area contributed by atoms with Gasteiger partial charge in [-0.05, 0) is 71.3 Å². The largest absolute Gasteiger partial charge is 0.512 e. The molecule has 0 aliphatic heterocycles. The van der Waals surface area contributed by atoms with Crippen LogP contribution in [0.1, 0.15) is 112 Å². The summed E-state index contributed by atoms with van der Waals surface area (Å²) in [6.45, 7) is 21.3. The van der Waals surface area contributed by atoms with Crippen LogP contribution in [-0.4, -0.2) is 15.9 Å². The second-order valence-corrected chi connectivity index (χ2v) is 16.7.